The van der Waals surface area contributed by atoms with Gasteiger partial charge in [-0.15, -0.1) is 0 Å². The molecule has 3 rings (SSSR count). The molecule has 1 aromatic carbocycles. The number of piperazine rings is 1. The van der Waals surface area contributed by atoms with E-state index in [1.165, 1.54) is 6.26 Å². The topological polar surface area (TPSA) is 92.4 Å². The molecule has 128 valence electrons. The summed E-state index contributed by atoms with van der Waals surface area (Å²) in [5, 5.41) is 0. The van der Waals surface area contributed by atoms with E-state index >= 15 is 0 Å². The molecule has 0 atom stereocenters. The highest BCUT2D eigenvalue weighted by molar-refractivity contribution is 7.90. The fraction of sp³-hybridized carbons (Fsp3) is 0.375. The van der Waals surface area contributed by atoms with E-state index in [0.29, 0.717) is 17.3 Å². The molecule has 0 radical (unpaired) electrons. The summed E-state index contributed by atoms with van der Waals surface area (Å²) < 4.78 is 23.1. The molecule has 24 heavy (non-hydrogen) atoms. The van der Waals surface area contributed by atoms with E-state index in [1.54, 1.807) is 30.5 Å². The summed E-state index contributed by atoms with van der Waals surface area (Å²) in [4.78, 5) is 13.6. The van der Waals surface area contributed by atoms with E-state index in [-0.39, 0.29) is 4.90 Å². The van der Waals surface area contributed by atoms with E-state index in [9.17, 15) is 8.42 Å². The van der Waals surface area contributed by atoms with Gasteiger partial charge in [0.2, 0.25) is 0 Å². The SMILES string of the molecule is CN1CCN(c2nc(-c3ccc(S(C)(=O)=O)cc3)cnc2N)CC1. The van der Waals surface area contributed by atoms with Crippen LogP contribution in [0.2, 0.25) is 0 Å². The molecular formula is C16H21N5O2S. The van der Waals surface area contributed by atoms with Gasteiger partial charge in [0.05, 0.1) is 16.8 Å². The normalized spacial score (nSPS) is 16.3. The van der Waals surface area contributed by atoms with Crippen LogP contribution in [-0.4, -0.2) is 62.8 Å². The highest BCUT2D eigenvalue weighted by Gasteiger charge is 2.19. The standard InChI is InChI=1S/C16H21N5O2S/c1-20-7-9-21(10-8-20)16-15(17)18-11-14(19-16)12-3-5-13(6-4-12)24(2,22)23/h3-6,11H,7-10H2,1-2H3,(H2,17,18). The van der Waals surface area contributed by atoms with Crippen molar-refractivity contribution in [2.75, 3.05) is 50.1 Å². The number of hydrogen-bond donors (Lipinski definition) is 1. The second-order valence-corrected chi connectivity index (χ2v) is 8.07. The lowest BCUT2D eigenvalue weighted by atomic mass is 10.1. The summed E-state index contributed by atoms with van der Waals surface area (Å²) in [7, 11) is -1.12. The summed E-state index contributed by atoms with van der Waals surface area (Å²) >= 11 is 0. The number of likely N-dealkylation sites (N-methyl/N-ethyl adjacent to an activating group) is 1. The van der Waals surface area contributed by atoms with Crippen molar-refractivity contribution in [2.24, 2.45) is 0 Å². The summed E-state index contributed by atoms with van der Waals surface area (Å²) in [5.41, 5.74) is 7.50. The third-order valence-electron chi connectivity index (χ3n) is 4.16. The lowest BCUT2D eigenvalue weighted by Gasteiger charge is -2.33. The van der Waals surface area contributed by atoms with Gasteiger partial charge in [0.15, 0.2) is 21.5 Å². The Morgan fingerprint density at radius 3 is 2.29 bits per heavy atom. The Kier molecular flexibility index (Phi) is 4.42. The average Bonchev–Trinajstić information content (AvgIpc) is 2.56. The Morgan fingerprint density at radius 1 is 1.08 bits per heavy atom. The summed E-state index contributed by atoms with van der Waals surface area (Å²) in [6.07, 6.45) is 2.81. The Morgan fingerprint density at radius 2 is 1.71 bits per heavy atom. The van der Waals surface area contributed by atoms with Crippen molar-refractivity contribution in [1.82, 2.24) is 14.9 Å². The number of nitrogens with two attached hydrogens (primary N) is 1. The maximum absolute atomic E-state index is 11.6. The molecule has 1 saturated heterocycles. The smallest absolute Gasteiger partial charge is 0.175 e. The first-order valence-corrected chi connectivity index (χ1v) is 9.60. The molecule has 1 aliphatic rings. The first kappa shape index (κ1) is 16.7. The third-order valence-corrected chi connectivity index (χ3v) is 5.29. The Hall–Kier alpha value is -2.19. The molecular weight excluding hydrogens is 326 g/mol. The first-order chi connectivity index (χ1) is 11.3. The van der Waals surface area contributed by atoms with Crippen molar-refractivity contribution in [3.05, 3.63) is 30.5 Å². The minimum absolute atomic E-state index is 0.286. The maximum Gasteiger partial charge on any atom is 0.175 e. The van der Waals surface area contributed by atoms with Crippen LogP contribution in [0.3, 0.4) is 0 Å². The predicted octanol–water partition coefficient (Wildman–Crippen LogP) is 0.881. The molecule has 1 aromatic heterocycles. The van der Waals surface area contributed by atoms with Gasteiger partial charge in [-0.05, 0) is 19.2 Å². The third kappa shape index (κ3) is 3.49. The van der Waals surface area contributed by atoms with E-state index in [2.05, 4.69) is 26.8 Å². The Labute approximate surface area is 142 Å². The van der Waals surface area contributed by atoms with Crippen molar-refractivity contribution < 1.29 is 8.42 Å². The summed E-state index contributed by atoms with van der Waals surface area (Å²) in [6.45, 7) is 3.61. The number of anilines is 2. The van der Waals surface area contributed by atoms with Crippen LogP contribution < -0.4 is 10.6 Å². The molecule has 0 unspecified atom stereocenters. The number of rotatable bonds is 3. The van der Waals surface area contributed by atoms with Crippen molar-refractivity contribution in [3.63, 3.8) is 0 Å². The molecule has 2 aromatic rings. The molecule has 0 aliphatic carbocycles. The average molecular weight is 347 g/mol. The molecule has 1 fully saturated rings. The lowest BCUT2D eigenvalue weighted by molar-refractivity contribution is 0.312. The van der Waals surface area contributed by atoms with Gasteiger partial charge in [-0.3, -0.25) is 0 Å². The number of sulfone groups is 1. The number of aromatic nitrogens is 2. The second-order valence-electron chi connectivity index (χ2n) is 6.05. The molecule has 2 N–H and O–H groups in total. The highest BCUT2D eigenvalue weighted by Crippen LogP contribution is 2.25. The van der Waals surface area contributed by atoms with Crippen LogP contribution in [-0.2, 0) is 9.84 Å². The van der Waals surface area contributed by atoms with Crippen LogP contribution in [0.25, 0.3) is 11.3 Å². The molecule has 0 spiro atoms. The Balaban J connectivity index is 1.91. The molecule has 2 heterocycles. The number of nitrogens with zero attached hydrogens (tertiary/aromatic N) is 4. The molecule has 1 aliphatic heterocycles. The molecule has 7 nitrogen and oxygen atoms in total. The van der Waals surface area contributed by atoms with Gasteiger partial charge < -0.3 is 15.5 Å². The van der Waals surface area contributed by atoms with Gasteiger partial charge >= 0.3 is 0 Å². The van der Waals surface area contributed by atoms with Crippen molar-refractivity contribution in [1.29, 1.82) is 0 Å². The summed E-state index contributed by atoms with van der Waals surface area (Å²) in [6, 6.07) is 6.64. The highest BCUT2D eigenvalue weighted by atomic mass is 32.2. The Bertz CT molecular complexity index is 828. The zero-order valence-electron chi connectivity index (χ0n) is 13.8. The van der Waals surface area contributed by atoms with Gasteiger partial charge in [-0.25, -0.2) is 18.4 Å². The molecule has 8 heteroatoms. The zero-order valence-corrected chi connectivity index (χ0v) is 14.6. The van der Waals surface area contributed by atoms with E-state index < -0.39 is 9.84 Å². The van der Waals surface area contributed by atoms with Crippen LogP contribution in [0.1, 0.15) is 0 Å². The van der Waals surface area contributed by atoms with Crippen molar-refractivity contribution in [2.45, 2.75) is 4.90 Å². The number of nitrogen functional groups attached to an aromatic ring is 1. The molecule has 0 saturated carbocycles. The quantitative estimate of drug-likeness (QED) is 0.881. The van der Waals surface area contributed by atoms with E-state index in [1.807, 2.05) is 0 Å². The van der Waals surface area contributed by atoms with Crippen molar-refractivity contribution >= 4 is 21.5 Å². The van der Waals surface area contributed by atoms with Crippen molar-refractivity contribution in [3.8, 4) is 11.3 Å². The minimum Gasteiger partial charge on any atom is -0.381 e. The van der Waals surface area contributed by atoms with Crippen LogP contribution >= 0.6 is 0 Å². The van der Waals surface area contributed by atoms with Gasteiger partial charge in [0.1, 0.15) is 0 Å². The van der Waals surface area contributed by atoms with Crippen LogP contribution in [0.15, 0.2) is 35.4 Å². The molecule has 0 bridgehead atoms. The van der Waals surface area contributed by atoms with Gasteiger partial charge in [-0.2, -0.15) is 0 Å². The van der Waals surface area contributed by atoms with Crippen LogP contribution in [0.4, 0.5) is 11.6 Å². The fourth-order valence-corrected chi connectivity index (χ4v) is 3.28. The number of hydrogen-bond acceptors (Lipinski definition) is 7. The maximum atomic E-state index is 11.6. The fourth-order valence-electron chi connectivity index (χ4n) is 2.65. The monoisotopic (exact) mass is 347 g/mol. The molecule has 0 amide bonds. The second kappa shape index (κ2) is 6.37. The van der Waals surface area contributed by atoms with Gasteiger partial charge in [0.25, 0.3) is 0 Å². The lowest BCUT2D eigenvalue weighted by Crippen LogP contribution is -2.45. The minimum atomic E-state index is -3.21. The largest absolute Gasteiger partial charge is 0.381 e. The van der Waals surface area contributed by atoms with Crippen LogP contribution in [0.5, 0.6) is 0 Å². The van der Waals surface area contributed by atoms with Gasteiger partial charge in [0, 0.05) is 38.0 Å². The van der Waals surface area contributed by atoms with Crippen LogP contribution in [0, 0.1) is 0 Å². The van der Waals surface area contributed by atoms with E-state index in [0.717, 1.165) is 31.7 Å². The van der Waals surface area contributed by atoms with Gasteiger partial charge in [-0.1, -0.05) is 12.1 Å². The first-order valence-electron chi connectivity index (χ1n) is 7.71. The van der Waals surface area contributed by atoms with E-state index in [4.69, 9.17) is 5.73 Å². The summed E-state index contributed by atoms with van der Waals surface area (Å²) in [5.74, 6) is 1.10. The number of benzene rings is 1. The predicted molar refractivity (Wildman–Crippen MR) is 94.7 cm³/mol. The zero-order chi connectivity index (χ0) is 17.3.